The van der Waals surface area contributed by atoms with E-state index in [1.807, 2.05) is 30.3 Å². The molecule has 0 bridgehead atoms. The van der Waals surface area contributed by atoms with E-state index in [4.69, 9.17) is 5.73 Å². The summed E-state index contributed by atoms with van der Waals surface area (Å²) in [5.74, 6) is 0.534. The molecule has 3 nitrogen and oxygen atoms in total. The van der Waals surface area contributed by atoms with Crippen LogP contribution in [-0.2, 0) is 5.54 Å². The van der Waals surface area contributed by atoms with Crippen LogP contribution in [0.3, 0.4) is 0 Å². The molecule has 4 heteroatoms. The van der Waals surface area contributed by atoms with Crippen molar-refractivity contribution in [3.05, 3.63) is 58.6 Å². The molecule has 2 aromatic carbocycles. The summed E-state index contributed by atoms with van der Waals surface area (Å²) in [6.45, 7) is 4.31. The van der Waals surface area contributed by atoms with Gasteiger partial charge < -0.3 is 10.3 Å². The first kappa shape index (κ1) is 13.2. The zero-order chi connectivity index (χ0) is 14.3. The molecule has 0 unspecified atom stereocenters. The molecule has 102 valence electrons. The lowest BCUT2D eigenvalue weighted by Crippen LogP contribution is -2.28. The number of imidazole rings is 1. The second kappa shape index (κ2) is 4.63. The molecule has 0 spiro atoms. The number of fused-ring (bicyclic) bond motifs is 1. The van der Waals surface area contributed by atoms with Crippen molar-refractivity contribution in [1.29, 1.82) is 0 Å². The number of aromatic nitrogens is 2. The fourth-order valence-corrected chi connectivity index (χ4v) is 2.98. The quantitative estimate of drug-likeness (QED) is 0.767. The first-order valence-corrected chi connectivity index (χ1v) is 7.29. The maximum Gasteiger partial charge on any atom is 0.202 e. The third kappa shape index (κ3) is 2.00. The maximum absolute atomic E-state index is 6.16. The van der Waals surface area contributed by atoms with E-state index in [0.717, 1.165) is 15.5 Å². The summed E-state index contributed by atoms with van der Waals surface area (Å²) in [5, 5.41) is 0. The van der Waals surface area contributed by atoms with Crippen LogP contribution in [0.5, 0.6) is 0 Å². The van der Waals surface area contributed by atoms with Crippen LogP contribution in [0.15, 0.2) is 53.0 Å². The topological polar surface area (TPSA) is 43.8 Å². The number of benzene rings is 2. The lowest BCUT2D eigenvalue weighted by molar-refractivity contribution is 0.455. The third-order valence-electron chi connectivity index (χ3n) is 3.68. The average Bonchev–Trinajstić information content (AvgIpc) is 2.75. The molecule has 0 saturated heterocycles. The van der Waals surface area contributed by atoms with Gasteiger partial charge in [-0.15, -0.1) is 0 Å². The van der Waals surface area contributed by atoms with Crippen LogP contribution in [0.2, 0.25) is 0 Å². The van der Waals surface area contributed by atoms with Gasteiger partial charge in [-0.2, -0.15) is 0 Å². The van der Waals surface area contributed by atoms with Gasteiger partial charge in [0.1, 0.15) is 0 Å². The van der Waals surface area contributed by atoms with Crippen LogP contribution in [0.4, 0.5) is 5.95 Å². The number of anilines is 1. The molecule has 0 aliphatic heterocycles. The Bertz CT molecular complexity index is 760. The van der Waals surface area contributed by atoms with Crippen LogP contribution in [-0.4, -0.2) is 9.55 Å². The Morgan fingerprint density at radius 2 is 1.80 bits per heavy atom. The third-order valence-corrected chi connectivity index (χ3v) is 4.17. The van der Waals surface area contributed by atoms with E-state index < -0.39 is 0 Å². The number of hydrogen-bond acceptors (Lipinski definition) is 2. The highest BCUT2D eigenvalue weighted by molar-refractivity contribution is 9.10. The van der Waals surface area contributed by atoms with Crippen LogP contribution in [0.1, 0.15) is 19.4 Å². The van der Waals surface area contributed by atoms with Gasteiger partial charge in [-0.3, -0.25) is 0 Å². The smallest absolute Gasteiger partial charge is 0.202 e. The Morgan fingerprint density at radius 1 is 1.10 bits per heavy atom. The molecule has 20 heavy (non-hydrogen) atoms. The molecule has 0 aliphatic carbocycles. The Morgan fingerprint density at radius 3 is 2.50 bits per heavy atom. The van der Waals surface area contributed by atoms with Crippen LogP contribution in [0.25, 0.3) is 11.0 Å². The van der Waals surface area contributed by atoms with E-state index in [9.17, 15) is 0 Å². The zero-order valence-electron chi connectivity index (χ0n) is 11.5. The number of halogens is 1. The first-order chi connectivity index (χ1) is 9.50. The van der Waals surface area contributed by atoms with Crippen molar-refractivity contribution in [2.75, 3.05) is 5.73 Å². The van der Waals surface area contributed by atoms with Gasteiger partial charge in [0.2, 0.25) is 5.95 Å². The summed E-state index contributed by atoms with van der Waals surface area (Å²) in [5.41, 5.74) is 9.05. The summed E-state index contributed by atoms with van der Waals surface area (Å²) in [6.07, 6.45) is 0. The van der Waals surface area contributed by atoms with E-state index in [0.29, 0.717) is 5.95 Å². The fourth-order valence-electron chi connectivity index (χ4n) is 2.63. The largest absolute Gasteiger partial charge is 0.369 e. The standard InChI is InChI=1S/C16H16BrN3/c1-16(2,11-6-4-3-5-7-11)20-14-10-12(17)8-9-13(14)19-15(20)18/h3-10H,1-2H3,(H2,18,19). The van der Waals surface area contributed by atoms with Gasteiger partial charge in [0.15, 0.2) is 0 Å². The van der Waals surface area contributed by atoms with Crippen molar-refractivity contribution in [2.24, 2.45) is 0 Å². The Kier molecular flexibility index (Phi) is 3.05. The summed E-state index contributed by atoms with van der Waals surface area (Å²) >= 11 is 3.52. The Balaban J connectivity index is 2.28. The van der Waals surface area contributed by atoms with Crippen LogP contribution in [0, 0.1) is 0 Å². The van der Waals surface area contributed by atoms with Crippen molar-refractivity contribution in [3.63, 3.8) is 0 Å². The molecular formula is C16H16BrN3. The molecular weight excluding hydrogens is 314 g/mol. The van der Waals surface area contributed by atoms with Gasteiger partial charge in [0, 0.05) is 4.47 Å². The summed E-state index contributed by atoms with van der Waals surface area (Å²) in [4.78, 5) is 4.47. The van der Waals surface area contributed by atoms with E-state index in [-0.39, 0.29) is 5.54 Å². The minimum absolute atomic E-state index is 0.263. The lowest BCUT2D eigenvalue weighted by atomic mass is 9.93. The Hall–Kier alpha value is -1.81. The first-order valence-electron chi connectivity index (χ1n) is 6.49. The fraction of sp³-hybridized carbons (Fsp3) is 0.188. The molecule has 0 amide bonds. The second-order valence-corrected chi connectivity index (χ2v) is 6.28. The van der Waals surface area contributed by atoms with E-state index >= 15 is 0 Å². The molecule has 0 saturated carbocycles. The van der Waals surface area contributed by atoms with E-state index in [1.165, 1.54) is 5.56 Å². The van der Waals surface area contributed by atoms with Gasteiger partial charge >= 0.3 is 0 Å². The minimum atomic E-state index is -0.263. The van der Waals surface area contributed by atoms with Crippen molar-refractivity contribution in [2.45, 2.75) is 19.4 Å². The molecule has 2 N–H and O–H groups in total. The molecule has 0 aliphatic rings. The van der Waals surface area contributed by atoms with Crippen LogP contribution < -0.4 is 5.73 Å². The summed E-state index contributed by atoms with van der Waals surface area (Å²) < 4.78 is 3.11. The number of rotatable bonds is 2. The average molecular weight is 330 g/mol. The van der Waals surface area contributed by atoms with Crippen LogP contribution >= 0.6 is 15.9 Å². The number of nitrogens with zero attached hydrogens (tertiary/aromatic N) is 2. The molecule has 3 aromatic rings. The van der Waals surface area contributed by atoms with Gasteiger partial charge in [0.05, 0.1) is 16.6 Å². The second-order valence-electron chi connectivity index (χ2n) is 5.36. The number of nitrogen functional groups attached to an aromatic ring is 1. The highest BCUT2D eigenvalue weighted by atomic mass is 79.9. The predicted octanol–water partition coefficient (Wildman–Crippen LogP) is 4.16. The van der Waals surface area contributed by atoms with Gasteiger partial charge in [0.25, 0.3) is 0 Å². The maximum atomic E-state index is 6.16. The summed E-state index contributed by atoms with van der Waals surface area (Å²) in [7, 11) is 0. The SMILES string of the molecule is CC(C)(c1ccccc1)n1c(N)nc2ccc(Br)cc21. The van der Waals surface area contributed by atoms with Gasteiger partial charge in [-0.25, -0.2) is 4.98 Å². The normalized spacial score (nSPS) is 11.9. The van der Waals surface area contributed by atoms with Crippen molar-refractivity contribution < 1.29 is 0 Å². The van der Waals surface area contributed by atoms with E-state index in [2.05, 4.69) is 57.5 Å². The molecule has 0 radical (unpaired) electrons. The number of nitrogens with two attached hydrogens (primary N) is 1. The van der Waals surface area contributed by atoms with Crippen molar-refractivity contribution in [3.8, 4) is 0 Å². The predicted molar refractivity (Wildman–Crippen MR) is 86.7 cm³/mol. The molecule has 1 aromatic heterocycles. The molecule has 1 heterocycles. The van der Waals surface area contributed by atoms with Gasteiger partial charge in [-0.05, 0) is 37.6 Å². The van der Waals surface area contributed by atoms with Crippen molar-refractivity contribution in [1.82, 2.24) is 9.55 Å². The highest BCUT2D eigenvalue weighted by Crippen LogP contribution is 2.33. The van der Waals surface area contributed by atoms with Gasteiger partial charge in [-0.1, -0.05) is 46.3 Å². The zero-order valence-corrected chi connectivity index (χ0v) is 13.1. The molecule has 0 atom stereocenters. The molecule has 3 rings (SSSR count). The highest BCUT2D eigenvalue weighted by Gasteiger charge is 2.27. The number of hydrogen-bond donors (Lipinski definition) is 1. The minimum Gasteiger partial charge on any atom is -0.369 e. The molecule has 0 fully saturated rings. The van der Waals surface area contributed by atoms with Crippen molar-refractivity contribution >= 4 is 32.9 Å². The lowest BCUT2D eigenvalue weighted by Gasteiger charge is -2.29. The monoisotopic (exact) mass is 329 g/mol. The Labute approximate surface area is 126 Å². The van der Waals surface area contributed by atoms with E-state index in [1.54, 1.807) is 0 Å². The summed E-state index contributed by atoms with van der Waals surface area (Å²) in [6, 6.07) is 16.4.